The van der Waals surface area contributed by atoms with Crippen molar-refractivity contribution >= 4 is 11.6 Å². The van der Waals surface area contributed by atoms with Gasteiger partial charge in [-0.15, -0.1) is 0 Å². The highest BCUT2D eigenvalue weighted by Gasteiger charge is 2.50. The number of benzene rings is 3. The molecule has 2 aliphatic rings. The van der Waals surface area contributed by atoms with Crippen LogP contribution in [-0.4, -0.2) is 42.6 Å². The highest BCUT2D eigenvalue weighted by atomic mass is 19.1. The summed E-state index contributed by atoms with van der Waals surface area (Å²) in [6.07, 6.45) is 3.35. The number of halogens is 2. The number of rotatable bonds is 7. The third-order valence-corrected chi connectivity index (χ3v) is 7.58. The predicted octanol–water partition coefficient (Wildman–Crippen LogP) is 5.31. The molecule has 3 aromatic rings. The minimum Gasteiger partial charge on any atom is -0.339 e. The second kappa shape index (κ2) is 10.2. The number of likely N-dealkylation sites (tertiary alicyclic amines) is 1. The maximum Gasteiger partial charge on any atom is 0.247 e. The van der Waals surface area contributed by atoms with E-state index in [-0.39, 0.29) is 23.5 Å². The molecule has 35 heavy (non-hydrogen) atoms. The molecule has 2 fully saturated rings. The standard InChI is InChI=1S/C29H31F2N3O/c30-24-13-11-22(12-14-24)27(23-6-4-7-25(31)20-23)10-5-17-33-18-15-29(16-19-33)28(35)32-21-34(29)26-8-2-1-3-9-26/h1-4,6-9,11-14,20,27H,5,10,15-19,21H2,(H,32,35)/t27-/m0/s1. The van der Waals surface area contributed by atoms with Crippen LogP contribution in [0, 0.1) is 11.6 Å². The van der Waals surface area contributed by atoms with Crippen LogP contribution < -0.4 is 10.2 Å². The minimum absolute atomic E-state index is 0.0108. The maximum absolute atomic E-state index is 13.9. The maximum atomic E-state index is 13.9. The van der Waals surface area contributed by atoms with Crippen molar-refractivity contribution in [3.8, 4) is 0 Å². The van der Waals surface area contributed by atoms with Crippen molar-refractivity contribution in [2.24, 2.45) is 0 Å². The third-order valence-electron chi connectivity index (χ3n) is 7.58. The van der Waals surface area contributed by atoms with Gasteiger partial charge in [-0.1, -0.05) is 42.5 Å². The molecule has 0 radical (unpaired) electrons. The van der Waals surface area contributed by atoms with Crippen LogP contribution >= 0.6 is 0 Å². The molecule has 1 N–H and O–H groups in total. The Hall–Kier alpha value is -3.25. The Bertz CT molecular complexity index is 1140. The number of nitrogens with one attached hydrogen (secondary N) is 1. The van der Waals surface area contributed by atoms with E-state index in [1.165, 1.54) is 18.2 Å². The Labute approximate surface area is 205 Å². The smallest absolute Gasteiger partial charge is 0.247 e. The minimum atomic E-state index is -0.476. The summed E-state index contributed by atoms with van der Waals surface area (Å²) in [7, 11) is 0. The van der Waals surface area contributed by atoms with E-state index in [0.717, 1.165) is 62.1 Å². The van der Waals surface area contributed by atoms with Crippen LogP contribution in [0.25, 0.3) is 0 Å². The molecule has 0 aliphatic carbocycles. The highest BCUT2D eigenvalue weighted by molar-refractivity contribution is 5.93. The van der Waals surface area contributed by atoms with Gasteiger partial charge in [0, 0.05) is 24.7 Å². The Morgan fingerprint density at radius 3 is 2.31 bits per heavy atom. The van der Waals surface area contributed by atoms with E-state index >= 15 is 0 Å². The average Bonchev–Trinajstić information content (AvgIpc) is 3.19. The first kappa shape index (κ1) is 23.5. The lowest BCUT2D eigenvalue weighted by molar-refractivity contribution is -0.125. The molecule has 0 saturated carbocycles. The van der Waals surface area contributed by atoms with Gasteiger partial charge < -0.3 is 15.1 Å². The molecule has 3 aromatic carbocycles. The average molecular weight is 476 g/mol. The Kier molecular flexibility index (Phi) is 6.82. The quantitative estimate of drug-likeness (QED) is 0.503. The lowest BCUT2D eigenvalue weighted by Gasteiger charge is -2.43. The number of carbonyl (C=O) groups is 1. The summed E-state index contributed by atoms with van der Waals surface area (Å²) in [5.41, 5.74) is 2.51. The van der Waals surface area contributed by atoms with E-state index in [4.69, 9.17) is 0 Å². The van der Waals surface area contributed by atoms with Gasteiger partial charge in [0.25, 0.3) is 0 Å². The van der Waals surface area contributed by atoms with Crippen molar-refractivity contribution in [2.75, 3.05) is 31.2 Å². The van der Waals surface area contributed by atoms with Crippen LogP contribution in [0.5, 0.6) is 0 Å². The molecule has 4 nitrogen and oxygen atoms in total. The second-order valence-corrected chi connectivity index (χ2v) is 9.60. The van der Waals surface area contributed by atoms with E-state index in [9.17, 15) is 13.6 Å². The van der Waals surface area contributed by atoms with Gasteiger partial charge in [-0.2, -0.15) is 0 Å². The van der Waals surface area contributed by atoms with Crippen molar-refractivity contribution < 1.29 is 13.6 Å². The molecule has 0 bridgehead atoms. The summed E-state index contributed by atoms with van der Waals surface area (Å²) in [5.74, 6) is -0.386. The van der Waals surface area contributed by atoms with Crippen molar-refractivity contribution in [2.45, 2.75) is 37.1 Å². The van der Waals surface area contributed by atoms with Crippen LogP contribution in [0.3, 0.4) is 0 Å². The van der Waals surface area contributed by atoms with E-state index in [0.29, 0.717) is 6.67 Å². The van der Waals surface area contributed by atoms with Crippen molar-refractivity contribution in [3.05, 3.63) is 102 Å². The number of nitrogens with zero attached hydrogens (tertiary/aromatic N) is 2. The fraction of sp³-hybridized carbons (Fsp3) is 0.345. The first-order valence-electron chi connectivity index (χ1n) is 12.4. The SMILES string of the molecule is O=C1NCN(c2ccccc2)C12CCN(CCC[C@@H](c1ccc(F)cc1)c1cccc(F)c1)CC2. The molecule has 2 heterocycles. The fourth-order valence-electron chi connectivity index (χ4n) is 5.64. The van der Waals surface area contributed by atoms with E-state index in [1.54, 1.807) is 24.3 Å². The fourth-order valence-corrected chi connectivity index (χ4v) is 5.64. The Morgan fingerprint density at radius 1 is 0.857 bits per heavy atom. The lowest BCUT2D eigenvalue weighted by Crippen LogP contribution is -2.56. The van der Waals surface area contributed by atoms with Crippen LogP contribution in [0.1, 0.15) is 42.7 Å². The first-order valence-corrected chi connectivity index (χ1v) is 12.4. The first-order chi connectivity index (χ1) is 17.0. The molecule has 0 unspecified atom stereocenters. The highest BCUT2D eigenvalue weighted by Crippen LogP contribution is 2.36. The lowest BCUT2D eigenvalue weighted by atomic mass is 9.85. The zero-order valence-electron chi connectivity index (χ0n) is 19.8. The van der Waals surface area contributed by atoms with Gasteiger partial charge in [0.15, 0.2) is 0 Å². The van der Waals surface area contributed by atoms with Crippen molar-refractivity contribution in [1.82, 2.24) is 10.2 Å². The zero-order valence-corrected chi connectivity index (χ0v) is 19.8. The van der Waals surface area contributed by atoms with Crippen molar-refractivity contribution in [3.63, 3.8) is 0 Å². The summed E-state index contributed by atoms with van der Waals surface area (Å²) < 4.78 is 27.4. The molecule has 1 spiro atoms. The topological polar surface area (TPSA) is 35.6 Å². The summed E-state index contributed by atoms with van der Waals surface area (Å²) >= 11 is 0. The number of amides is 1. The van der Waals surface area contributed by atoms with E-state index in [1.807, 2.05) is 24.3 Å². The van der Waals surface area contributed by atoms with Gasteiger partial charge in [0.2, 0.25) is 5.91 Å². The molecule has 6 heteroatoms. The predicted molar refractivity (Wildman–Crippen MR) is 134 cm³/mol. The van der Waals surface area contributed by atoms with E-state index in [2.05, 4.69) is 27.2 Å². The van der Waals surface area contributed by atoms with Gasteiger partial charge >= 0.3 is 0 Å². The number of carbonyl (C=O) groups excluding carboxylic acids is 1. The zero-order chi connectivity index (χ0) is 24.3. The number of anilines is 1. The number of hydrogen-bond donors (Lipinski definition) is 1. The number of piperidine rings is 1. The molecule has 5 rings (SSSR count). The van der Waals surface area contributed by atoms with Crippen LogP contribution in [-0.2, 0) is 4.79 Å². The molecular formula is C29H31F2N3O. The van der Waals surface area contributed by atoms with Gasteiger partial charge in [-0.3, -0.25) is 4.79 Å². The van der Waals surface area contributed by atoms with Crippen molar-refractivity contribution in [1.29, 1.82) is 0 Å². The van der Waals surface area contributed by atoms with E-state index < -0.39 is 5.54 Å². The molecule has 0 aromatic heterocycles. The Morgan fingerprint density at radius 2 is 1.60 bits per heavy atom. The molecule has 2 saturated heterocycles. The van der Waals surface area contributed by atoms with Gasteiger partial charge in [0.05, 0.1) is 6.67 Å². The van der Waals surface area contributed by atoms with Crippen LogP contribution in [0.15, 0.2) is 78.9 Å². The molecular weight excluding hydrogens is 444 g/mol. The summed E-state index contributed by atoms with van der Waals surface area (Å²) in [6, 6.07) is 23.4. The summed E-state index contributed by atoms with van der Waals surface area (Å²) in [4.78, 5) is 17.5. The van der Waals surface area contributed by atoms with Crippen LogP contribution in [0.4, 0.5) is 14.5 Å². The molecule has 1 atom stereocenters. The van der Waals surface area contributed by atoms with Crippen LogP contribution in [0.2, 0.25) is 0 Å². The number of hydrogen-bond acceptors (Lipinski definition) is 3. The largest absolute Gasteiger partial charge is 0.339 e. The third kappa shape index (κ3) is 4.94. The molecule has 2 aliphatic heterocycles. The summed E-state index contributed by atoms with van der Waals surface area (Å²) in [6.45, 7) is 3.18. The second-order valence-electron chi connectivity index (χ2n) is 9.60. The van der Waals surface area contributed by atoms with Gasteiger partial charge in [0.1, 0.15) is 17.2 Å². The molecule has 182 valence electrons. The number of para-hydroxylation sites is 1. The normalized spacial score (nSPS) is 18.6. The molecule has 1 amide bonds. The van der Waals surface area contributed by atoms with Gasteiger partial charge in [-0.05, 0) is 79.8 Å². The van der Waals surface area contributed by atoms with Gasteiger partial charge in [-0.25, -0.2) is 8.78 Å². The Balaban J connectivity index is 1.22. The summed E-state index contributed by atoms with van der Waals surface area (Å²) in [5, 5.41) is 3.06. The monoisotopic (exact) mass is 475 g/mol.